The van der Waals surface area contributed by atoms with Crippen LogP contribution in [0, 0.1) is 0 Å². The minimum atomic E-state index is -0.787. The van der Waals surface area contributed by atoms with Crippen molar-refractivity contribution in [2.75, 3.05) is 20.3 Å². The topological polar surface area (TPSA) is 103 Å². The van der Waals surface area contributed by atoms with Gasteiger partial charge >= 0.3 is 0 Å². The van der Waals surface area contributed by atoms with Crippen molar-refractivity contribution < 1.29 is 28.9 Å². The number of aromatic nitrogens is 2. The molecule has 2 unspecified atom stereocenters. The van der Waals surface area contributed by atoms with Gasteiger partial charge in [0.1, 0.15) is 17.6 Å². The summed E-state index contributed by atoms with van der Waals surface area (Å²) in [5.74, 6) is 0.301. The van der Waals surface area contributed by atoms with E-state index in [1.807, 2.05) is 29.8 Å². The van der Waals surface area contributed by atoms with E-state index in [9.17, 15) is 14.7 Å². The number of methoxy groups -OCH3 is 1. The predicted octanol–water partition coefficient (Wildman–Crippen LogP) is 4.91. The molecule has 0 bridgehead atoms. The third-order valence-electron chi connectivity index (χ3n) is 7.34. The number of nitrogens with zero attached hydrogens (tertiary/aromatic N) is 3. The number of likely N-dealkylation sites (tertiary alicyclic amines) is 1. The van der Waals surface area contributed by atoms with Crippen LogP contribution in [0.15, 0.2) is 60.7 Å². The van der Waals surface area contributed by atoms with Crippen molar-refractivity contribution >= 4 is 17.4 Å². The minimum absolute atomic E-state index is 0.0407. The normalized spacial score (nSPS) is 19.5. The van der Waals surface area contributed by atoms with Crippen molar-refractivity contribution in [3.63, 3.8) is 0 Å². The molecule has 2 atom stereocenters. The summed E-state index contributed by atoms with van der Waals surface area (Å²) in [4.78, 5) is 32.5. The number of unbranched alkanes of at least 4 members (excludes halogenated alkanes) is 1. The molecule has 40 heavy (non-hydrogen) atoms. The van der Waals surface area contributed by atoms with Gasteiger partial charge in [-0.1, -0.05) is 19.4 Å². The molecule has 1 fully saturated rings. The van der Waals surface area contributed by atoms with Gasteiger partial charge in [-0.3, -0.25) is 9.59 Å². The van der Waals surface area contributed by atoms with E-state index >= 15 is 0 Å². The number of imidazole rings is 1. The van der Waals surface area contributed by atoms with Crippen molar-refractivity contribution in [3.05, 3.63) is 77.4 Å². The number of hydrogen-bond donors (Lipinski definition) is 1. The van der Waals surface area contributed by atoms with E-state index in [1.54, 1.807) is 43.9 Å². The van der Waals surface area contributed by atoms with Crippen LogP contribution in [-0.2, 0) is 22.6 Å². The van der Waals surface area contributed by atoms with Crippen LogP contribution in [0.25, 0.3) is 5.76 Å². The molecule has 3 aromatic rings. The van der Waals surface area contributed by atoms with Gasteiger partial charge in [0.15, 0.2) is 11.5 Å². The Morgan fingerprint density at radius 1 is 1.12 bits per heavy atom. The summed E-state index contributed by atoms with van der Waals surface area (Å²) in [5.41, 5.74) is 2.14. The molecule has 2 aliphatic heterocycles. The minimum Gasteiger partial charge on any atom is -0.507 e. The molecule has 2 aromatic carbocycles. The van der Waals surface area contributed by atoms with Crippen LogP contribution in [0.4, 0.5) is 0 Å². The molecule has 1 N–H and O–H groups in total. The second-order valence-corrected chi connectivity index (χ2v) is 10.2. The molecule has 210 valence electrons. The maximum Gasteiger partial charge on any atom is 0.295 e. The number of aryl methyl sites for hydroxylation is 1. The van der Waals surface area contributed by atoms with Crippen LogP contribution in [-0.4, -0.2) is 57.6 Å². The number of aliphatic hydroxyl groups is 1. The first-order valence-electron chi connectivity index (χ1n) is 13.8. The highest BCUT2D eigenvalue weighted by molar-refractivity contribution is 6.46. The van der Waals surface area contributed by atoms with Gasteiger partial charge in [0.2, 0.25) is 0 Å². The lowest BCUT2D eigenvalue weighted by molar-refractivity contribution is -0.139. The number of aliphatic hydroxyl groups excluding tert-OH is 1. The molecule has 9 heteroatoms. The van der Waals surface area contributed by atoms with Gasteiger partial charge < -0.3 is 28.8 Å². The summed E-state index contributed by atoms with van der Waals surface area (Å²) >= 11 is 0. The number of carbonyl (C=O) groups excluding carboxylic acids is 2. The average Bonchev–Trinajstić information content (AvgIpc) is 3.67. The van der Waals surface area contributed by atoms with Crippen LogP contribution < -0.4 is 14.2 Å². The summed E-state index contributed by atoms with van der Waals surface area (Å²) in [5, 5.41) is 11.5. The smallest absolute Gasteiger partial charge is 0.295 e. The van der Waals surface area contributed by atoms with E-state index in [4.69, 9.17) is 14.2 Å². The number of ether oxygens (including phenoxy) is 3. The second kappa shape index (κ2) is 11.9. The first kappa shape index (κ1) is 27.3. The maximum atomic E-state index is 13.5. The van der Waals surface area contributed by atoms with E-state index in [0.717, 1.165) is 24.2 Å². The lowest BCUT2D eigenvalue weighted by Crippen LogP contribution is -2.31. The van der Waals surface area contributed by atoms with Gasteiger partial charge in [0, 0.05) is 37.5 Å². The summed E-state index contributed by atoms with van der Waals surface area (Å²) in [6, 6.07) is 9.98. The highest BCUT2D eigenvalue weighted by Gasteiger charge is 2.46. The number of amides is 1. The summed E-state index contributed by atoms with van der Waals surface area (Å²) < 4.78 is 19.2. The quantitative estimate of drug-likeness (QED) is 0.158. The van der Waals surface area contributed by atoms with Crippen molar-refractivity contribution in [1.82, 2.24) is 14.5 Å². The Hall–Kier alpha value is -4.27. The molecule has 0 aliphatic carbocycles. The Balaban J connectivity index is 1.53. The molecule has 2 aliphatic rings. The Morgan fingerprint density at radius 2 is 1.98 bits per heavy atom. The number of rotatable bonds is 11. The van der Waals surface area contributed by atoms with Crippen LogP contribution >= 0.6 is 0 Å². The average molecular weight is 546 g/mol. The van der Waals surface area contributed by atoms with Gasteiger partial charge in [-0.15, -0.1) is 0 Å². The van der Waals surface area contributed by atoms with Crippen molar-refractivity contribution in [3.8, 4) is 17.2 Å². The van der Waals surface area contributed by atoms with E-state index in [-0.39, 0.29) is 17.4 Å². The summed E-state index contributed by atoms with van der Waals surface area (Å²) in [6.07, 6.45) is 8.53. The fourth-order valence-corrected chi connectivity index (χ4v) is 5.32. The molecule has 1 amide bonds. The molecule has 1 aromatic heterocycles. The predicted molar refractivity (Wildman–Crippen MR) is 149 cm³/mol. The summed E-state index contributed by atoms with van der Waals surface area (Å²) in [7, 11) is 1.56. The Bertz CT molecular complexity index is 1410. The number of benzene rings is 2. The van der Waals surface area contributed by atoms with Crippen LogP contribution in [0.3, 0.4) is 0 Å². The first-order chi connectivity index (χ1) is 19.4. The molecule has 0 spiro atoms. The molecular weight excluding hydrogens is 510 g/mol. The number of fused-ring (bicyclic) bond motifs is 1. The van der Waals surface area contributed by atoms with Crippen molar-refractivity contribution in [2.24, 2.45) is 0 Å². The van der Waals surface area contributed by atoms with Crippen LogP contribution in [0.1, 0.15) is 55.8 Å². The van der Waals surface area contributed by atoms with Crippen molar-refractivity contribution in [1.29, 1.82) is 0 Å². The van der Waals surface area contributed by atoms with E-state index < -0.39 is 17.7 Å². The fraction of sp³-hybridized carbons (Fsp3) is 0.387. The number of hydrogen-bond acceptors (Lipinski definition) is 7. The summed E-state index contributed by atoms with van der Waals surface area (Å²) in [6.45, 7) is 5.58. The second-order valence-electron chi connectivity index (χ2n) is 10.2. The largest absolute Gasteiger partial charge is 0.507 e. The molecule has 5 rings (SSSR count). The molecule has 1 saturated heterocycles. The monoisotopic (exact) mass is 545 g/mol. The zero-order valence-electron chi connectivity index (χ0n) is 23.1. The molecular formula is C31H35N3O6. The first-order valence-corrected chi connectivity index (χ1v) is 13.8. The van der Waals surface area contributed by atoms with E-state index in [1.165, 1.54) is 4.90 Å². The maximum absolute atomic E-state index is 13.5. The third-order valence-corrected chi connectivity index (χ3v) is 7.34. The number of Topliss-reactive ketones (excluding diaryl/α,β-unsaturated/α-hetero) is 1. The van der Waals surface area contributed by atoms with Gasteiger partial charge in [-0.05, 0) is 61.2 Å². The highest BCUT2D eigenvalue weighted by atomic mass is 16.5. The SMILES string of the molecule is CCCCOc1ccc(C2C(=C(O)c3ccc4c(c3)CC(C)O4)C(=O)C(=O)N2CCCn2ccnc2)cc1OC. The van der Waals surface area contributed by atoms with Gasteiger partial charge in [-0.2, -0.15) is 0 Å². The van der Waals surface area contributed by atoms with Gasteiger partial charge in [0.05, 0.1) is 31.7 Å². The molecule has 0 radical (unpaired) electrons. The number of ketones is 1. The van der Waals surface area contributed by atoms with Gasteiger partial charge in [0.25, 0.3) is 11.7 Å². The Kier molecular flexibility index (Phi) is 8.09. The fourth-order valence-electron chi connectivity index (χ4n) is 5.32. The Labute approximate surface area is 234 Å². The lowest BCUT2D eigenvalue weighted by Gasteiger charge is -2.26. The number of carbonyl (C=O) groups is 2. The standard InChI is InChI=1S/C31H35N3O6/c1-4-5-15-39-25-10-7-21(18-26(25)38-3)28-27(29(35)22-8-9-24-23(17-22)16-20(2)40-24)30(36)31(37)34(28)13-6-12-33-14-11-32-19-33/h7-11,14,17-20,28,35H,4-6,12-13,15-16H2,1-3H3. The lowest BCUT2D eigenvalue weighted by atomic mass is 9.94. The van der Waals surface area contributed by atoms with E-state index in [0.29, 0.717) is 55.2 Å². The highest BCUT2D eigenvalue weighted by Crippen LogP contribution is 2.43. The van der Waals surface area contributed by atoms with Gasteiger partial charge in [-0.25, -0.2) is 4.98 Å². The Morgan fingerprint density at radius 3 is 2.73 bits per heavy atom. The zero-order chi connectivity index (χ0) is 28.2. The van der Waals surface area contributed by atoms with E-state index in [2.05, 4.69) is 11.9 Å². The molecule has 9 nitrogen and oxygen atoms in total. The molecule has 0 saturated carbocycles. The molecule has 3 heterocycles. The van der Waals surface area contributed by atoms with Crippen LogP contribution in [0.2, 0.25) is 0 Å². The van der Waals surface area contributed by atoms with Crippen LogP contribution in [0.5, 0.6) is 17.2 Å². The zero-order valence-corrected chi connectivity index (χ0v) is 23.1. The van der Waals surface area contributed by atoms with Crippen molar-refractivity contribution in [2.45, 2.75) is 58.2 Å². The third kappa shape index (κ3) is 5.41.